The van der Waals surface area contributed by atoms with E-state index >= 15 is 0 Å². The van der Waals surface area contributed by atoms with Gasteiger partial charge in [-0.05, 0) is 56.9 Å². The first-order valence-corrected chi connectivity index (χ1v) is 9.55. The Kier molecular flexibility index (Phi) is 8.09. The van der Waals surface area contributed by atoms with Crippen LogP contribution in [0.2, 0.25) is 0 Å². The van der Waals surface area contributed by atoms with Crippen molar-refractivity contribution >= 4 is 29.9 Å². The van der Waals surface area contributed by atoms with E-state index in [9.17, 15) is 9.50 Å². The number of rotatable bonds is 5. The van der Waals surface area contributed by atoms with Gasteiger partial charge in [-0.1, -0.05) is 6.07 Å². The molecule has 28 heavy (non-hydrogen) atoms. The van der Waals surface area contributed by atoms with Gasteiger partial charge in [-0.3, -0.25) is 4.68 Å². The molecule has 3 rings (SSSR count). The highest BCUT2D eigenvalue weighted by atomic mass is 127. The first-order chi connectivity index (χ1) is 13.0. The number of hydrogen-bond donors (Lipinski definition) is 3. The predicted octanol–water partition coefficient (Wildman–Crippen LogP) is 3.54. The summed E-state index contributed by atoms with van der Waals surface area (Å²) in [6, 6.07) is 4.98. The van der Waals surface area contributed by atoms with Crippen LogP contribution in [0.4, 0.5) is 4.39 Å². The summed E-state index contributed by atoms with van der Waals surface area (Å²) in [5.41, 5.74) is 3.20. The maximum Gasteiger partial charge on any atom is 0.191 e. The zero-order valence-corrected chi connectivity index (χ0v) is 18.9. The number of halogens is 2. The minimum atomic E-state index is -0.624. The lowest BCUT2D eigenvalue weighted by atomic mass is 9.94. The molecule has 2 aromatic rings. The molecule has 0 radical (unpaired) electrons. The third-order valence-electron chi connectivity index (χ3n) is 4.74. The van der Waals surface area contributed by atoms with Crippen LogP contribution in [0, 0.1) is 5.82 Å². The van der Waals surface area contributed by atoms with Crippen LogP contribution in [-0.2, 0) is 19.4 Å². The smallest absolute Gasteiger partial charge is 0.191 e. The maximum atomic E-state index is 13.5. The molecule has 1 unspecified atom stereocenters. The Hall–Kier alpha value is -1.84. The van der Waals surface area contributed by atoms with E-state index < -0.39 is 5.82 Å². The highest BCUT2D eigenvalue weighted by molar-refractivity contribution is 14.0. The Labute approximate surface area is 182 Å². The molecular weight excluding hydrogens is 472 g/mol. The fourth-order valence-corrected chi connectivity index (χ4v) is 3.23. The van der Waals surface area contributed by atoms with Crippen molar-refractivity contribution < 1.29 is 9.50 Å². The molecule has 1 aromatic heterocycles. The van der Waals surface area contributed by atoms with Gasteiger partial charge in [0, 0.05) is 31.2 Å². The molecule has 1 aromatic carbocycles. The number of aliphatic imine (C=N–C) groups is 1. The second-order valence-electron chi connectivity index (χ2n) is 7.24. The standard InChI is InChI=1S/C20H28FN5O.HI/c1-4-22-20(23-11-14-5-8-19(27)17(21)9-14)24-16-7-6-15-12-26(13(2)3)25-18(15)10-16;/h5,8-9,12-13,16,27H,4,6-7,10-11H2,1-3H3,(H2,22,23,24);1H. The molecule has 1 aliphatic carbocycles. The van der Waals surface area contributed by atoms with Crippen LogP contribution in [0.3, 0.4) is 0 Å². The largest absolute Gasteiger partial charge is 0.505 e. The highest BCUT2D eigenvalue weighted by Gasteiger charge is 2.23. The Balaban J connectivity index is 0.00000280. The number of phenolic OH excluding ortho intramolecular Hbond substituents is 1. The number of fused-ring (bicyclic) bond motifs is 1. The molecular formula is C20H29FIN5O. The summed E-state index contributed by atoms with van der Waals surface area (Å²) in [5.74, 6) is -0.254. The average Bonchev–Trinajstić information content (AvgIpc) is 3.06. The molecule has 6 nitrogen and oxygen atoms in total. The van der Waals surface area contributed by atoms with Crippen molar-refractivity contribution in [1.82, 2.24) is 20.4 Å². The summed E-state index contributed by atoms with van der Waals surface area (Å²) in [6.45, 7) is 7.37. The van der Waals surface area contributed by atoms with Crippen molar-refractivity contribution in [3.63, 3.8) is 0 Å². The molecule has 0 aliphatic heterocycles. The molecule has 3 N–H and O–H groups in total. The van der Waals surface area contributed by atoms with E-state index in [0.717, 1.165) is 31.5 Å². The van der Waals surface area contributed by atoms with Crippen LogP contribution in [0.25, 0.3) is 0 Å². The normalized spacial score (nSPS) is 16.5. The van der Waals surface area contributed by atoms with E-state index in [1.165, 1.54) is 17.7 Å². The molecule has 0 saturated heterocycles. The van der Waals surface area contributed by atoms with Gasteiger partial charge in [0.1, 0.15) is 0 Å². The number of aromatic nitrogens is 2. The van der Waals surface area contributed by atoms with Gasteiger partial charge in [0.25, 0.3) is 0 Å². The van der Waals surface area contributed by atoms with Gasteiger partial charge in [0.2, 0.25) is 0 Å². The molecule has 0 spiro atoms. The van der Waals surface area contributed by atoms with Gasteiger partial charge in [-0.25, -0.2) is 9.38 Å². The fraction of sp³-hybridized carbons (Fsp3) is 0.500. The maximum absolute atomic E-state index is 13.5. The number of guanidine groups is 1. The summed E-state index contributed by atoms with van der Waals surface area (Å²) in [7, 11) is 0. The Bertz CT molecular complexity index is 821. The predicted molar refractivity (Wildman–Crippen MR) is 120 cm³/mol. The van der Waals surface area contributed by atoms with Crippen LogP contribution in [0.1, 0.15) is 50.1 Å². The summed E-state index contributed by atoms with van der Waals surface area (Å²) in [5, 5.41) is 20.7. The highest BCUT2D eigenvalue weighted by Crippen LogP contribution is 2.22. The number of benzene rings is 1. The minimum absolute atomic E-state index is 0. The molecule has 1 atom stereocenters. The number of aryl methyl sites for hydroxylation is 1. The fourth-order valence-electron chi connectivity index (χ4n) is 3.23. The van der Waals surface area contributed by atoms with Crippen LogP contribution in [0.15, 0.2) is 29.4 Å². The number of hydrogen-bond acceptors (Lipinski definition) is 3. The minimum Gasteiger partial charge on any atom is -0.505 e. The van der Waals surface area contributed by atoms with Gasteiger partial charge < -0.3 is 15.7 Å². The molecule has 1 heterocycles. The lowest BCUT2D eigenvalue weighted by molar-refractivity contribution is 0.432. The Morgan fingerprint density at radius 1 is 1.43 bits per heavy atom. The summed E-state index contributed by atoms with van der Waals surface area (Å²) in [6.07, 6.45) is 5.06. The molecule has 0 saturated carbocycles. The third-order valence-corrected chi connectivity index (χ3v) is 4.74. The Morgan fingerprint density at radius 2 is 2.21 bits per heavy atom. The number of phenols is 1. The zero-order valence-electron chi connectivity index (χ0n) is 16.6. The van der Waals surface area contributed by atoms with Crippen LogP contribution < -0.4 is 10.6 Å². The van der Waals surface area contributed by atoms with E-state index in [2.05, 4.69) is 35.7 Å². The lowest BCUT2D eigenvalue weighted by Gasteiger charge is -2.24. The number of aromatic hydroxyl groups is 1. The molecule has 0 bridgehead atoms. The van der Waals surface area contributed by atoms with E-state index in [0.29, 0.717) is 24.1 Å². The molecule has 8 heteroatoms. The summed E-state index contributed by atoms with van der Waals surface area (Å²) in [4.78, 5) is 4.56. The monoisotopic (exact) mass is 501 g/mol. The van der Waals surface area contributed by atoms with E-state index in [-0.39, 0.29) is 35.8 Å². The van der Waals surface area contributed by atoms with Crippen LogP contribution in [0.5, 0.6) is 5.75 Å². The van der Waals surface area contributed by atoms with E-state index in [1.54, 1.807) is 6.07 Å². The number of nitrogens with one attached hydrogen (secondary N) is 2. The van der Waals surface area contributed by atoms with E-state index in [1.807, 2.05) is 11.6 Å². The lowest BCUT2D eigenvalue weighted by Crippen LogP contribution is -2.45. The molecule has 154 valence electrons. The first kappa shape index (κ1) is 22.4. The average molecular weight is 501 g/mol. The second-order valence-corrected chi connectivity index (χ2v) is 7.24. The van der Waals surface area contributed by atoms with Gasteiger partial charge in [0.15, 0.2) is 17.5 Å². The van der Waals surface area contributed by atoms with Crippen molar-refractivity contribution in [2.45, 2.75) is 58.7 Å². The van der Waals surface area contributed by atoms with Crippen LogP contribution >= 0.6 is 24.0 Å². The molecule has 0 amide bonds. The second kappa shape index (κ2) is 10.1. The quantitative estimate of drug-likeness (QED) is 0.333. The molecule has 0 fully saturated rings. The first-order valence-electron chi connectivity index (χ1n) is 9.55. The zero-order chi connectivity index (χ0) is 19.4. The third kappa shape index (κ3) is 5.59. The van der Waals surface area contributed by atoms with Gasteiger partial charge in [0.05, 0.1) is 12.2 Å². The summed E-state index contributed by atoms with van der Waals surface area (Å²) >= 11 is 0. The Morgan fingerprint density at radius 3 is 2.89 bits per heavy atom. The van der Waals surface area contributed by atoms with E-state index in [4.69, 9.17) is 5.10 Å². The van der Waals surface area contributed by atoms with Crippen LogP contribution in [-0.4, -0.2) is 33.4 Å². The summed E-state index contributed by atoms with van der Waals surface area (Å²) < 4.78 is 15.5. The van der Waals surface area contributed by atoms with Crippen molar-refractivity contribution in [1.29, 1.82) is 0 Å². The van der Waals surface area contributed by atoms with Crippen molar-refractivity contribution in [2.24, 2.45) is 4.99 Å². The van der Waals surface area contributed by atoms with Gasteiger partial charge >= 0.3 is 0 Å². The number of nitrogens with zero attached hydrogens (tertiary/aromatic N) is 3. The van der Waals surface area contributed by atoms with Crippen molar-refractivity contribution in [3.8, 4) is 5.75 Å². The van der Waals surface area contributed by atoms with Crippen molar-refractivity contribution in [2.75, 3.05) is 6.54 Å². The SMILES string of the molecule is CCNC(=NCc1ccc(O)c(F)c1)NC1CCc2cn(C(C)C)nc2C1.I. The van der Waals surface area contributed by atoms with Crippen molar-refractivity contribution in [3.05, 3.63) is 47.0 Å². The van der Waals surface area contributed by atoms with Gasteiger partial charge in [-0.2, -0.15) is 5.10 Å². The topological polar surface area (TPSA) is 74.5 Å². The molecule has 1 aliphatic rings. The van der Waals surface area contributed by atoms with Gasteiger partial charge in [-0.15, -0.1) is 24.0 Å².